The average molecular weight is 437 g/mol. The number of benzene rings is 2. The highest BCUT2D eigenvalue weighted by molar-refractivity contribution is 9.10. The Morgan fingerprint density at radius 3 is 1.85 bits per heavy atom. The Morgan fingerprint density at radius 1 is 0.852 bits per heavy atom. The predicted octanol–water partition coefficient (Wildman–Crippen LogP) is 3.33. The number of ether oxygens (including phenoxy) is 3. The van der Waals surface area contributed by atoms with E-state index in [-0.39, 0.29) is 6.10 Å². The maximum absolute atomic E-state index is 12.3. The van der Waals surface area contributed by atoms with Crippen molar-refractivity contribution in [1.82, 2.24) is 10.9 Å². The van der Waals surface area contributed by atoms with Gasteiger partial charge in [-0.2, -0.15) is 0 Å². The Bertz CT molecular complexity index is 839. The first-order valence-electron chi connectivity index (χ1n) is 8.14. The highest BCUT2D eigenvalue weighted by Gasteiger charge is 2.14. The molecule has 0 saturated carbocycles. The third kappa shape index (κ3) is 5.37. The second-order valence-corrected chi connectivity index (χ2v) is 6.64. The summed E-state index contributed by atoms with van der Waals surface area (Å²) in [5, 5.41) is 0. The zero-order chi connectivity index (χ0) is 20.0. The van der Waals surface area contributed by atoms with E-state index in [9.17, 15) is 9.59 Å². The molecule has 144 valence electrons. The SMILES string of the molecule is COc1ccc(C(=O)NNC(=O)c2ccc(OC(C)C)c(Br)c2)cc1OC. The van der Waals surface area contributed by atoms with Crippen molar-refractivity contribution >= 4 is 27.7 Å². The third-order valence-electron chi connectivity index (χ3n) is 3.49. The summed E-state index contributed by atoms with van der Waals surface area (Å²) in [7, 11) is 2.99. The van der Waals surface area contributed by atoms with E-state index in [0.717, 1.165) is 0 Å². The molecule has 0 atom stereocenters. The Kier molecular flexibility index (Phi) is 7.06. The molecule has 2 N–H and O–H groups in total. The summed E-state index contributed by atoms with van der Waals surface area (Å²) in [5.74, 6) is 0.618. The lowest BCUT2D eigenvalue weighted by atomic mass is 10.2. The van der Waals surface area contributed by atoms with Gasteiger partial charge in [-0.25, -0.2) is 0 Å². The summed E-state index contributed by atoms with van der Waals surface area (Å²) in [4.78, 5) is 24.5. The minimum absolute atomic E-state index is 0.0155. The fourth-order valence-electron chi connectivity index (χ4n) is 2.23. The van der Waals surface area contributed by atoms with E-state index in [2.05, 4.69) is 26.8 Å². The number of carbonyl (C=O) groups is 2. The van der Waals surface area contributed by atoms with E-state index in [4.69, 9.17) is 14.2 Å². The van der Waals surface area contributed by atoms with E-state index in [1.807, 2.05) is 13.8 Å². The molecule has 0 radical (unpaired) electrons. The summed E-state index contributed by atoms with van der Waals surface area (Å²) in [6, 6.07) is 9.62. The van der Waals surface area contributed by atoms with E-state index in [1.54, 1.807) is 30.3 Å². The van der Waals surface area contributed by atoms with Gasteiger partial charge in [-0.15, -0.1) is 0 Å². The van der Waals surface area contributed by atoms with Crippen LogP contribution in [0.25, 0.3) is 0 Å². The van der Waals surface area contributed by atoms with Crippen LogP contribution in [0.5, 0.6) is 17.2 Å². The molecular formula is C19H21BrN2O5. The first-order valence-corrected chi connectivity index (χ1v) is 8.94. The smallest absolute Gasteiger partial charge is 0.269 e. The second kappa shape index (κ2) is 9.27. The molecule has 2 aromatic rings. The molecule has 0 spiro atoms. The normalized spacial score (nSPS) is 10.3. The van der Waals surface area contributed by atoms with Crippen LogP contribution in [-0.2, 0) is 0 Å². The van der Waals surface area contributed by atoms with Gasteiger partial charge in [0.25, 0.3) is 11.8 Å². The van der Waals surface area contributed by atoms with Gasteiger partial charge in [-0.05, 0) is 66.2 Å². The zero-order valence-electron chi connectivity index (χ0n) is 15.5. The van der Waals surface area contributed by atoms with Gasteiger partial charge in [-0.1, -0.05) is 0 Å². The lowest BCUT2D eigenvalue weighted by Gasteiger charge is -2.13. The van der Waals surface area contributed by atoms with E-state index >= 15 is 0 Å². The highest BCUT2D eigenvalue weighted by atomic mass is 79.9. The van der Waals surface area contributed by atoms with Crippen LogP contribution >= 0.6 is 15.9 Å². The van der Waals surface area contributed by atoms with Crippen LogP contribution in [0.4, 0.5) is 0 Å². The van der Waals surface area contributed by atoms with Gasteiger partial charge in [0.15, 0.2) is 11.5 Å². The van der Waals surface area contributed by atoms with Gasteiger partial charge < -0.3 is 14.2 Å². The topological polar surface area (TPSA) is 85.9 Å². The van der Waals surface area contributed by atoms with Crippen LogP contribution in [0.15, 0.2) is 40.9 Å². The molecule has 0 bridgehead atoms. The zero-order valence-corrected chi connectivity index (χ0v) is 17.0. The fourth-order valence-corrected chi connectivity index (χ4v) is 2.70. The number of rotatable bonds is 6. The minimum Gasteiger partial charge on any atom is -0.493 e. The molecule has 0 saturated heterocycles. The van der Waals surface area contributed by atoms with Crippen LogP contribution in [0, 0.1) is 0 Å². The number of carbonyl (C=O) groups excluding carboxylic acids is 2. The molecule has 2 aromatic carbocycles. The molecule has 27 heavy (non-hydrogen) atoms. The molecule has 2 amide bonds. The van der Waals surface area contributed by atoms with E-state index in [1.165, 1.54) is 20.3 Å². The molecule has 0 aliphatic rings. The Balaban J connectivity index is 2.02. The number of halogens is 1. The Hall–Kier alpha value is -2.74. The number of methoxy groups -OCH3 is 2. The van der Waals surface area contributed by atoms with Crippen LogP contribution in [0.3, 0.4) is 0 Å². The third-order valence-corrected chi connectivity index (χ3v) is 4.11. The van der Waals surface area contributed by atoms with Gasteiger partial charge in [0.1, 0.15) is 5.75 Å². The summed E-state index contributed by atoms with van der Waals surface area (Å²) < 4.78 is 16.5. The van der Waals surface area contributed by atoms with Crippen molar-refractivity contribution in [3.05, 3.63) is 52.0 Å². The molecule has 0 aromatic heterocycles. The molecule has 2 rings (SSSR count). The van der Waals surface area contributed by atoms with Crippen molar-refractivity contribution < 1.29 is 23.8 Å². The molecule has 8 heteroatoms. The monoisotopic (exact) mass is 436 g/mol. The van der Waals surface area contributed by atoms with Crippen molar-refractivity contribution in [1.29, 1.82) is 0 Å². The number of hydrogen-bond donors (Lipinski definition) is 2. The van der Waals surface area contributed by atoms with Gasteiger partial charge in [0.05, 0.1) is 24.8 Å². The highest BCUT2D eigenvalue weighted by Crippen LogP contribution is 2.28. The lowest BCUT2D eigenvalue weighted by molar-refractivity contribution is 0.0846. The number of amides is 2. The maximum Gasteiger partial charge on any atom is 0.269 e. The largest absolute Gasteiger partial charge is 0.493 e. The van der Waals surface area contributed by atoms with Crippen molar-refractivity contribution in [2.75, 3.05) is 14.2 Å². The Labute approximate surface area is 166 Å². The summed E-state index contributed by atoms with van der Waals surface area (Å²) >= 11 is 3.37. The summed E-state index contributed by atoms with van der Waals surface area (Å²) in [6.45, 7) is 3.83. The van der Waals surface area contributed by atoms with Gasteiger partial charge >= 0.3 is 0 Å². The molecule has 0 aliphatic heterocycles. The average Bonchev–Trinajstić information content (AvgIpc) is 2.66. The second-order valence-electron chi connectivity index (χ2n) is 5.79. The maximum atomic E-state index is 12.3. The molecule has 0 aliphatic carbocycles. The van der Waals surface area contributed by atoms with Crippen LogP contribution in [0.1, 0.15) is 34.6 Å². The van der Waals surface area contributed by atoms with Crippen molar-refractivity contribution in [3.8, 4) is 17.2 Å². The standard InChI is InChI=1S/C19H21BrN2O5/c1-11(2)27-15-7-5-12(9-14(15)20)18(23)21-22-19(24)13-6-8-16(25-3)17(10-13)26-4/h5-11H,1-4H3,(H,21,23)(H,22,24). The van der Waals surface area contributed by atoms with Gasteiger partial charge in [0, 0.05) is 11.1 Å². The first kappa shape index (κ1) is 20.6. The quantitative estimate of drug-likeness (QED) is 0.678. The van der Waals surface area contributed by atoms with Crippen LogP contribution < -0.4 is 25.1 Å². The van der Waals surface area contributed by atoms with Crippen molar-refractivity contribution in [2.45, 2.75) is 20.0 Å². The summed E-state index contributed by atoms with van der Waals surface area (Å²) in [6.07, 6.45) is 0.0155. The first-order chi connectivity index (χ1) is 12.8. The van der Waals surface area contributed by atoms with Crippen LogP contribution in [-0.4, -0.2) is 32.1 Å². The minimum atomic E-state index is -0.483. The fraction of sp³-hybridized carbons (Fsp3) is 0.263. The molecule has 0 unspecified atom stereocenters. The van der Waals surface area contributed by atoms with Crippen molar-refractivity contribution in [3.63, 3.8) is 0 Å². The number of hydrogen-bond acceptors (Lipinski definition) is 5. The number of nitrogens with one attached hydrogen (secondary N) is 2. The lowest BCUT2D eigenvalue weighted by Crippen LogP contribution is -2.41. The van der Waals surface area contributed by atoms with Gasteiger partial charge in [0.2, 0.25) is 0 Å². The van der Waals surface area contributed by atoms with Gasteiger partial charge in [-0.3, -0.25) is 20.4 Å². The molecular weight excluding hydrogens is 416 g/mol. The molecule has 7 nitrogen and oxygen atoms in total. The van der Waals surface area contributed by atoms with E-state index < -0.39 is 11.8 Å². The number of hydrazine groups is 1. The Morgan fingerprint density at radius 2 is 1.37 bits per heavy atom. The molecule has 0 fully saturated rings. The predicted molar refractivity (Wildman–Crippen MR) is 104 cm³/mol. The molecule has 0 heterocycles. The summed E-state index contributed by atoms with van der Waals surface area (Å²) in [5.41, 5.74) is 5.43. The van der Waals surface area contributed by atoms with E-state index in [0.29, 0.717) is 32.8 Å². The van der Waals surface area contributed by atoms with Crippen molar-refractivity contribution in [2.24, 2.45) is 0 Å². The van der Waals surface area contributed by atoms with Crippen LogP contribution in [0.2, 0.25) is 0 Å².